The molecule has 0 atom stereocenters. The van der Waals surface area contributed by atoms with Crippen LogP contribution in [0.2, 0.25) is 0 Å². The quantitative estimate of drug-likeness (QED) is 0.786. The summed E-state index contributed by atoms with van der Waals surface area (Å²) in [6, 6.07) is 15.0. The van der Waals surface area contributed by atoms with Gasteiger partial charge in [0.05, 0.1) is 17.5 Å². The third kappa shape index (κ3) is 2.93. The molecule has 1 N–H and O–H groups in total. The average molecular weight is 296 g/mol. The maximum atomic E-state index is 10.7. The second-order valence-corrected chi connectivity index (χ2v) is 5.08. The van der Waals surface area contributed by atoms with Gasteiger partial charge in [0, 0.05) is 7.05 Å². The zero-order chi connectivity index (χ0) is 15.5. The molecule has 0 saturated heterocycles. The third-order valence-electron chi connectivity index (χ3n) is 3.50. The highest BCUT2D eigenvalue weighted by Crippen LogP contribution is 2.18. The van der Waals surface area contributed by atoms with Gasteiger partial charge in [-0.2, -0.15) is 0 Å². The molecular weight excluding hydrogens is 280 g/mol. The van der Waals surface area contributed by atoms with Gasteiger partial charge in [-0.1, -0.05) is 24.3 Å². The number of rotatable bonds is 5. The van der Waals surface area contributed by atoms with E-state index in [9.17, 15) is 4.79 Å². The summed E-state index contributed by atoms with van der Waals surface area (Å²) in [5.74, 6) is 0.614. The molecule has 0 bridgehead atoms. The summed E-state index contributed by atoms with van der Waals surface area (Å²) in [6.45, 7) is 0.335. The summed E-state index contributed by atoms with van der Waals surface area (Å²) < 4.78 is 7.74. The summed E-state index contributed by atoms with van der Waals surface area (Å²) in [4.78, 5) is 15.3. The Morgan fingerprint density at radius 2 is 2.05 bits per heavy atom. The van der Waals surface area contributed by atoms with E-state index in [-0.39, 0.29) is 6.42 Å². The minimum absolute atomic E-state index is 0.0104. The first-order valence-corrected chi connectivity index (χ1v) is 6.97. The molecule has 5 nitrogen and oxygen atoms in total. The highest BCUT2D eigenvalue weighted by atomic mass is 16.5. The molecule has 0 unspecified atom stereocenters. The van der Waals surface area contributed by atoms with Crippen LogP contribution < -0.4 is 4.74 Å². The molecule has 0 spiro atoms. The van der Waals surface area contributed by atoms with E-state index in [0.29, 0.717) is 12.4 Å². The number of hydrogen-bond donors (Lipinski definition) is 1. The number of carbonyl (C=O) groups is 1. The third-order valence-corrected chi connectivity index (χ3v) is 3.50. The molecule has 3 aromatic rings. The zero-order valence-corrected chi connectivity index (χ0v) is 12.2. The van der Waals surface area contributed by atoms with E-state index < -0.39 is 5.97 Å². The van der Waals surface area contributed by atoms with Crippen molar-refractivity contribution in [2.75, 3.05) is 0 Å². The second-order valence-electron chi connectivity index (χ2n) is 5.08. The highest BCUT2D eigenvalue weighted by molar-refractivity contribution is 5.75. The number of aromatic nitrogens is 2. The molecule has 0 aliphatic carbocycles. The fourth-order valence-electron chi connectivity index (χ4n) is 2.39. The lowest BCUT2D eigenvalue weighted by Gasteiger charge is -2.07. The lowest BCUT2D eigenvalue weighted by Crippen LogP contribution is -2.04. The molecule has 112 valence electrons. The summed E-state index contributed by atoms with van der Waals surface area (Å²) in [6.07, 6.45) is -0.0104. The Hall–Kier alpha value is -2.82. The van der Waals surface area contributed by atoms with Gasteiger partial charge in [-0.25, -0.2) is 4.98 Å². The first-order valence-electron chi connectivity index (χ1n) is 6.97. The van der Waals surface area contributed by atoms with Crippen LogP contribution in [0.5, 0.6) is 5.75 Å². The summed E-state index contributed by atoms with van der Waals surface area (Å²) in [7, 11) is 1.95. The molecule has 0 fully saturated rings. The van der Waals surface area contributed by atoms with Crippen LogP contribution in [0.3, 0.4) is 0 Å². The van der Waals surface area contributed by atoms with Gasteiger partial charge < -0.3 is 14.4 Å². The van der Waals surface area contributed by atoms with Crippen LogP contribution in [-0.2, 0) is 24.9 Å². The summed E-state index contributed by atoms with van der Waals surface area (Å²) in [5.41, 5.74) is 2.71. The van der Waals surface area contributed by atoms with Crippen molar-refractivity contribution in [1.29, 1.82) is 0 Å². The highest BCUT2D eigenvalue weighted by Gasteiger charge is 2.08. The standard InChI is InChI=1S/C17H16N2O3/c1-19-15-8-3-2-7-14(15)18-16(19)11-22-13-6-4-5-12(9-13)10-17(20)21/h2-9H,10-11H2,1H3,(H,20,21). The minimum Gasteiger partial charge on any atom is -0.486 e. The number of aryl methyl sites for hydroxylation is 1. The molecule has 0 aliphatic heterocycles. The van der Waals surface area contributed by atoms with Gasteiger partial charge in [-0.15, -0.1) is 0 Å². The number of ether oxygens (including phenoxy) is 1. The number of hydrogen-bond acceptors (Lipinski definition) is 3. The average Bonchev–Trinajstić information content (AvgIpc) is 2.82. The number of fused-ring (bicyclic) bond motifs is 1. The molecule has 0 aliphatic rings. The van der Waals surface area contributed by atoms with Crippen LogP contribution in [0, 0.1) is 0 Å². The molecule has 1 aromatic heterocycles. The Morgan fingerprint density at radius 3 is 2.82 bits per heavy atom. The molecule has 22 heavy (non-hydrogen) atoms. The molecule has 3 rings (SSSR count). The van der Waals surface area contributed by atoms with Crippen molar-refractivity contribution in [3.05, 3.63) is 59.9 Å². The van der Waals surface area contributed by atoms with Crippen molar-refractivity contribution in [2.24, 2.45) is 7.05 Å². The van der Waals surface area contributed by atoms with Crippen molar-refractivity contribution in [2.45, 2.75) is 13.0 Å². The van der Waals surface area contributed by atoms with Gasteiger partial charge in [0.15, 0.2) is 0 Å². The van der Waals surface area contributed by atoms with Crippen molar-refractivity contribution in [3.63, 3.8) is 0 Å². The number of imidazole rings is 1. The number of carboxylic acid groups (broad SMARTS) is 1. The lowest BCUT2D eigenvalue weighted by atomic mass is 10.1. The van der Waals surface area contributed by atoms with Crippen molar-refractivity contribution >= 4 is 17.0 Å². The predicted molar refractivity (Wildman–Crippen MR) is 82.8 cm³/mol. The Labute approximate surface area is 127 Å². The Balaban J connectivity index is 1.76. The fourth-order valence-corrected chi connectivity index (χ4v) is 2.39. The van der Waals surface area contributed by atoms with Crippen molar-refractivity contribution < 1.29 is 14.6 Å². The van der Waals surface area contributed by atoms with E-state index in [0.717, 1.165) is 22.4 Å². The fraction of sp³-hybridized carbons (Fsp3) is 0.176. The molecule has 5 heteroatoms. The molecule has 0 radical (unpaired) electrons. The summed E-state index contributed by atoms with van der Waals surface area (Å²) >= 11 is 0. The van der Waals surface area contributed by atoms with E-state index in [1.54, 1.807) is 18.2 Å². The van der Waals surface area contributed by atoms with E-state index in [2.05, 4.69) is 4.98 Å². The minimum atomic E-state index is -0.854. The SMILES string of the molecule is Cn1c(COc2cccc(CC(=O)O)c2)nc2ccccc21. The van der Waals surface area contributed by atoms with Gasteiger partial charge in [0.2, 0.25) is 0 Å². The van der Waals surface area contributed by atoms with Gasteiger partial charge in [-0.3, -0.25) is 4.79 Å². The summed E-state index contributed by atoms with van der Waals surface area (Å²) in [5, 5.41) is 8.83. The van der Waals surface area contributed by atoms with Gasteiger partial charge in [0.25, 0.3) is 0 Å². The van der Waals surface area contributed by atoms with Crippen LogP contribution in [0.25, 0.3) is 11.0 Å². The predicted octanol–water partition coefficient (Wildman–Crippen LogP) is 2.78. The smallest absolute Gasteiger partial charge is 0.307 e. The van der Waals surface area contributed by atoms with Gasteiger partial charge in [-0.05, 0) is 29.8 Å². The number of para-hydroxylation sites is 2. The van der Waals surface area contributed by atoms with E-state index in [1.807, 2.05) is 41.9 Å². The van der Waals surface area contributed by atoms with Crippen LogP contribution in [0.15, 0.2) is 48.5 Å². The van der Waals surface area contributed by atoms with E-state index in [4.69, 9.17) is 9.84 Å². The first kappa shape index (κ1) is 14.1. The maximum Gasteiger partial charge on any atom is 0.307 e. The van der Waals surface area contributed by atoms with E-state index >= 15 is 0 Å². The normalized spacial score (nSPS) is 10.8. The zero-order valence-electron chi connectivity index (χ0n) is 12.2. The van der Waals surface area contributed by atoms with Crippen LogP contribution in [0.4, 0.5) is 0 Å². The largest absolute Gasteiger partial charge is 0.486 e. The number of nitrogens with zero attached hydrogens (tertiary/aromatic N) is 2. The molecule has 0 amide bonds. The number of benzene rings is 2. The monoisotopic (exact) mass is 296 g/mol. The van der Waals surface area contributed by atoms with Gasteiger partial charge in [0.1, 0.15) is 18.2 Å². The molecular formula is C17H16N2O3. The Kier molecular flexibility index (Phi) is 3.78. The maximum absolute atomic E-state index is 10.7. The van der Waals surface area contributed by atoms with Crippen LogP contribution in [0.1, 0.15) is 11.4 Å². The van der Waals surface area contributed by atoms with Crippen LogP contribution >= 0.6 is 0 Å². The Bertz CT molecular complexity index is 824. The Morgan fingerprint density at radius 1 is 1.23 bits per heavy atom. The number of aliphatic carboxylic acids is 1. The lowest BCUT2D eigenvalue weighted by molar-refractivity contribution is -0.136. The van der Waals surface area contributed by atoms with E-state index in [1.165, 1.54) is 0 Å². The first-order chi connectivity index (χ1) is 10.6. The second kappa shape index (κ2) is 5.89. The van der Waals surface area contributed by atoms with Crippen LogP contribution in [-0.4, -0.2) is 20.6 Å². The van der Waals surface area contributed by atoms with Crippen molar-refractivity contribution in [1.82, 2.24) is 9.55 Å². The topological polar surface area (TPSA) is 64.3 Å². The van der Waals surface area contributed by atoms with Crippen molar-refractivity contribution in [3.8, 4) is 5.75 Å². The molecule has 2 aromatic carbocycles. The molecule has 1 heterocycles. The number of carboxylic acids is 1. The molecule has 0 saturated carbocycles. The van der Waals surface area contributed by atoms with Gasteiger partial charge >= 0.3 is 5.97 Å².